The summed E-state index contributed by atoms with van der Waals surface area (Å²) in [6.45, 7) is 1.81. The van der Waals surface area contributed by atoms with E-state index in [-0.39, 0.29) is 11.7 Å². The van der Waals surface area contributed by atoms with Gasteiger partial charge in [0.15, 0.2) is 5.76 Å². The largest absolute Gasteiger partial charge is 0.459 e. The van der Waals surface area contributed by atoms with E-state index in [1.165, 1.54) is 17.6 Å². The van der Waals surface area contributed by atoms with Crippen molar-refractivity contribution in [3.63, 3.8) is 0 Å². The first-order valence-electron chi connectivity index (χ1n) is 5.98. The minimum atomic E-state index is -0.379. The zero-order valence-electron chi connectivity index (χ0n) is 10.7. The zero-order valence-corrected chi connectivity index (χ0v) is 11.5. The molecule has 3 aromatic rings. The minimum Gasteiger partial charge on any atom is -0.459 e. The van der Waals surface area contributed by atoms with Gasteiger partial charge in [-0.1, -0.05) is 12.1 Å². The van der Waals surface area contributed by atoms with Crippen LogP contribution in [-0.2, 0) is 0 Å². The molecule has 1 aromatic carbocycles. The highest BCUT2D eigenvalue weighted by Crippen LogP contribution is 2.21. The Morgan fingerprint density at radius 1 is 1.30 bits per heavy atom. The van der Waals surface area contributed by atoms with Crippen LogP contribution in [-0.4, -0.2) is 16.6 Å². The third-order valence-electron chi connectivity index (χ3n) is 2.67. The van der Waals surface area contributed by atoms with Gasteiger partial charge in [0.2, 0.25) is 0 Å². The van der Waals surface area contributed by atoms with Crippen molar-refractivity contribution in [2.24, 2.45) is 5.10 Å². The molecule has 0 saturated heterocycles. The van der Waals surface area contributed by atoms with Crippen LogP contribution in [0, 0.1) is 0 Å². The lowest BCUT2D eigenvalue weighted by atomic mass is 10.3. The summed E-state index contributed by atoms with van der Waals surface area (Å²) in [5.41, 5.74) is 4.04. The second-order valence-electron chi connectivity index (χ2n) is 4.10. The maximum absolute atomic E-state index is 11.7. The van der Waals surface area contributed by atoms with Crippen LogP contribution in [0.15, 0.2) is 52.2 Å². The summed E-state index contributed by atoms with van der Waals surface area (Å²) in [5, 5.41) is 4.83. The Bertz CT molecular complexity index is 742. The summed E-state index contributed by atoms with van der Waals surface area (Å²) < 4.78 is 6.08. The fourth-order valence-corrected chi connectivity index (χ4v) is 2.58. The summed E-state index contributed by atoms with van der Waals surface area (Å²) in [6.07, 6.45) is 1.44. The second-order valence-corrected chi connectivity index (χ2v) is 5.13. The van der Waals surface area contributed by atoms with E-state index in [0.29, 0.717) is 5.71 Å². The van der Waals surface area contributed by atoms with Crippen LogP contribution in [0.4, 0.5) is 0 Å². The molecule has 2 heterocycles. The SMILES string of the molecule is C/C(=N/NC(=O)c1ccco1)c1nc2ccccc2s1. The monoisotopic (exact) mass is 285 g/mol. The quantitative estimate of drug-likeness (QED) is 0.594. The van der Waals surface area contributed by atoms with Gasteiger partial charge in [-0.15, -0.1) is 11.3 Å². The molecule has 0 aliphatic carbocycles. The molecular formula is C14H11N3O2S. The Balaban J connectivity index is 1.79. The van der Waals surface area contributed by atoms with Gasteiger partial charge >= 0.3 is 5.91 Å². The number of thiazole rings is 1. The van der Waals surface area contributed by atoms with E-state index < -0.39 is 0 Å². The van der Waals surface area contributed by atoms with Gasteiger partial charge in [0.25, 0.3) is 0 Å². The molecule has 0 unspecified atom stereocenters. The molecule has 0 spiro atoms. The average Bonchev–Trinajstić information content (AvgIpc) is 3.12. The van der Waals surface area contributed by atoms with Gasteiger partial charge in [0.1, 0.15) is 5.01 Å². The van der Waals surface area contributed by atoms with E-state index in [0.717, 1.165) is 15.2 Å². The van der Waals surface area contributed by atoms with Crippen molar-refractivity contribution in [2.75, 3.05) is 0 Å². The number of hydrogen-bond acceptors (Lipinski definition) is 5. The van der Waals surface area contributed by atoms with Gasteiger partial charge in [-0.3, -0.25) is 4.79 Å². The molecule has 3 rings (SSSR count). The van der Waals surface area contributed by atoms with Gasteiger partial charge in [0, 0.05) is 0 Å². The summed E-state index contributed by atoms with van der Waals surface area (Å²) in [7, 11) is 0. The Labute approximate surface area is 118 Å². The van der Waals surface area contributed by atoms with Crippen LogP contribution >= 0.6 is 11.3 Å². The third kappa shape index (κ3) is 2.46. The van der Waals surface area contributed by atoms with E-state index >= 15 is 0 Å². The van der Waals surface area contributed by atoms with Crippen molar-refractivity contribution in [1.29, 1.82) is 0 Å². The highest BCUT2D eigenvalue weighted by molar-refractivity contribution is 7.20. The van der Waals surface area contributed by atoms with Crippen molar-refractivity contribution in [3.8, 4) is 0 Å². The van der Waals surface area contributed by atoms with Gasteiger partial charge in [-0.2, -0.15) is 5.10 Å². The molecule has 100 valence electrons. The van der Waals surface area contributed by atoms with E-state index in [2.05, 4.69) is 15.5 Å². The second kappa shape index (κ2) is 5.26. The molecule has 0 radical (unpaired) electrons. The standard InChI is InChI=1S/C14H11N3O2S/c1-9(16-17-13(18)11-6-4-8-19-11)14-15-10-5-2-3-7-12(10)20-14/h2-8H,1H3,(H,17,18)/b16-9-. The number of hydrogen-bond donors (Lipinski definition) is 1. The smallest absolute Gasteiger partial charge is 0.307 e. The highest BCUT2D eigenvalue weighted by Gasteiger charge is 2.09. The maximum Gasteiger partial charge on any atom is 0.307 e. The van der Waals surface area contributed by atoms with Crippen LogP contribution in [0.25, 0.3) is 10.2 Å². The van der Waals surface area contributed by atoms with Crippen molar-refractivity contribution in [3.05, 3.63) is 53.4 Å². The first-order chi connectivity index (χ1) is 9.74. The lowest BCUT2D eigenvalue weighted by Crippen LogP contribution is -2.18. The summed E-state index contributed by atoms with van der Waals surface area (Å²) in [5.74, 6) is -0.152. The van der Waals surface area contributed by atoms with Crippen LogP contribution in [0.3, 0.4) is 0 Å². The fraction of sp³-hybridized carbons (Fsp3) is 0.0714. The summed E-state index contributed by atoms with van der Waals surface area (Å²) in [4.78, 5) is 16.2. The molecule has 0 bridgehead atoms. The number of fused-ring (bicyclic) bond motifs is 1. The Hall–Kier alpha value is -2.47. The number of nitrogens with zero attached hydrogens (tertiary/aromatic N) is 2. The van der Waals surface area contributed by atoms with Crippen molar-refractivity contribution < 1.29 is 9.21 Å². The molecule has 0 aliphatic rings. The summed E-state index contributed by atoms with van der Waals surface area (Å²) in [6, 6.07) is 11.1. The number of nitrogens with one attached hydrogen (secondary N) is 1. The molecule has 0 atom stereocenters. The minimum absolute atomic E-state index is 0.228. The number of furan rings is 1. The first-order valence-corrected chi connectivity index (χ1v) is 6.80. The van der Waals surface area contributed by atoms with E-state index in [4.69, 9.17) is 4.42 Å². The molecule has 0 aliphatic heterocycles. The van der Waals surface area contributed by atoms with Crippen LogP contribution in [0.2, 0.25) is 0 Å². The fourth-order valence-electron chi connectivity index (χ4n) is 1.67. The van der Waals surface area contributed by atoms with Gasteiger partial charge in [0.05, 0.1) is 22.2 Å². The van der Waals surface area contributed by atoms with Crippen molar-refractivity contribution in [2.45, 2.75) is 6.92 Å². The number of carbonyl (C=O) groups excluding carboxylic acids is 1. The molecule has 0 fully saturated rings. The van der Waals surface area contributed by atoms with Gasteiger partial charge < -0.3 is 4.42 Å². The van der Waals surface area contributed by atoms with Crippen LogP contribution in [0.5, 0.6) is 0 Å². The molecule has 6 heteroatoms. The Morgan fingerprint density at radius 3 is 2.90 bits per heavy atom. The van der Waals surface area contributed by atoms with Gasteiger partial charge in [-0.05, 0) is 31.2 Å². The van der Waals surface area contributed by atoms with Crippen molar-refractivity contribution in [1.82, 2.24) is 10.4 Å². The number of para-hydroxylation sites is 1. The number of aromatic nitrogens is 1. The van der Waals surface area contributed by atoms with E-state index in [9.17, 15) is 4.79 Å². The zero-order chi connectivity index (χ0) is 13.9. The molecule has 1 amide bonds. The number of amides is 1. The molecule has 2 aromatic heterocycles. The van der Waals surface area contributed by atoms with Crippen LogP contribution < -0.4 is 5.43 Å². The summed E-state index contributed by atoms with van der Waals surface area (Å²) >= 11 is 1.54. The normalized spacial score (nSPS) is 11.8. The molecule has 0 saturated carbocycles. The predicted molar refractivity (Wildman–Crippen MR) is 78.0 cm³/mol. The number of benzene rings is 1. The van der Waals surface area contributed by atoms with E-state index in [1.807, 2.05) is 24.3 Å². The molecular weight excluding hydrogens is 274 g/mol. The number of rotatable bonds is 3. The lowest BCUT2D eigenvalue weighted by molar-refractivity contribution is 0.0927. The first kappa shape index (κ1) is 12.6. The topological polar surface area (TPSA) is 67.5 Å². The predicted octanol–water partition coefficient (Wildman–Crippen LogP) is 3.04. The molecule has 20 heavy (non-hydrogen) atoms. The average molecular weight is 285 g/mol. The Kier molecular flexibility index (Phi) is 3.30. The van der Waals surface area contributed by atoms with E-state index in [1.54, 1.807) is 19.1 Å². The molecule has 1 N–H and O–H groups in total. The Morgan fingerprint density at radius 2 is 2.15 bits per heavy atom. The van der Waals surface area contributed by atoms with Crippen molar-refractivity contribution >= 4 is 33.2 Å². The maximum atomic E-state index is 11.7. The highest BCUT2D eigenvalue weighted by atomic mass is 32.1. The molecule has 5 nitrogen and oxygen atoms in total. The number of hydrazone groups is 1. The van der Waals surface area contributed by atoms with Gasteiger partial charge in [-0.25, -0.2) is 10.4 Å². The number of carbonyl (C=O) groups is 1. The van der Waals surface area contributed by atoms with Crippen LogP contribution in [0.1, 0.15) is 22.5 Å². The third-order valence-corrected chi connectivity index (χ3v) is 3.82. The lowest BCUT2D eigenvalue weighted by Gasteiger charge is -1.97.